The summed E-state index contributed by atoms with van der Waals surface area (Å²) < 4.78 is 11.5. The molecule has 0 aliphatic carbocycles. The predicted octanol–water partition coefficient (Wildman–Crippen LogP) is 5.14. The summed E-state index contributed by atoms with van der Waals surface area (Å²) in [6, 6.07) is 19.2. The normalized spacial score (nSPS) is 11.2. The van der Waals surface area contributed by atoms with E-state index < -0.39 is 0 Å². The van der Waals surface area contributed by atoms with Crippen LogP contribution in [0.5, 0.6) is 5.75 Å². The van der Waals surface area contributed by atoms with Gasteiger partial charge in [-0.3, -0.25) is 9.59 Å². The zero-order valence-corrected chi connectivity index (χ0v) is 22.1. The first kappa shape index (κ1) is 29.4. The molecule has 0 heterocycles. The molecule has 40 heavy (non-hydrogen) atoms. The summed E-state index contributed by atoms with van der Waals surface area (Å²) in [7, 11) is 0. The number of benzene rings is 3. The number of hydrogen-bond donors (Lipinski definition) is 5. The van der Waals surface area contributed by atoms with Crippen molar-refractivity contribution >= 4 is 40.8 Å². The van der Waals surface area contributed by atoms with Crippen molar-refractivity contribution in [3.05, 3.63) is 114 Å². The first-order chi connectivity index (χ1) is 19.4. The van der Waals surface area contributed by atoms with Gasteiger partial charge in [0.2, 0.25) is 5.91 Å². The van der Waals surface area contributed by atoms with E-state index in [1.807, 2.05) is 42.5 Å². The summed E-state index contributed by atoms with van der Waals surface area (Å²) in [6.45, 7) is 4.64. The maximum absolute atomic E-state index is 12.7. The van der Waals surface area contributed by atoms with Crippen molar-refractivity contribution in [1.29, 1.82) is 5.41 Å². The second-order valence-corrected chi connectivity index (χ2v) is 8.63. The molecule has 0 radical (unpaired) electrons. The first-order valence-corrected chi connectivity index (χ1v) is 12.5. The molecule has 206 valence electrons. The molecule has 0 aliphatic rings. The standard InChI is InChI=1S/C31H33N5O4/c1-2-30(37)35-26-11-9-23(10-12-26)31(38)36-27-18-22(17-25(33)20-27)21-39-15-4-3-5-16-40-28-8-6-7-24(19-28)29(34)13-14-32/h2-4,6-14,17-20,32H,1,5,15-16,21,33-34H2,(H,35,37)(H,36,38)/b4-3+,29-13-,32-14?. The van der Waals surface area contributed by atoms with Gasteiger partial charge in [-0.2, -0.15) is 0 Å². The molecule has 0 saturated carbocycles. The summed E-state index contributed by atoms with van der Waals surface area (Å²) in [4.78, 5) is 24.1. The van der Waals surface area contributed by atoms with Crippen LogP contribution in [0.1, 0.15) is 27.9 Å². The lowest BCUT2D eigenvalue weighted by Gasteiger charge is -2.10. The van der Waals surface area contributed by atoms with Gasteiger partial charge in [0, 0.05) is 40.1 Å². The molecule has 0 saturated heterocycles. The largest absolute Gasteiger partial charge is 0.493 e. The van der Waals surface area contributed by atoms with Gasteiger partial charge in [0.25, 0.3) is 5.91 Å². The zero-order valence-electron chi connectivity index (χ0n) is 22.1. The number of carbonyl (C=O) groups is 2. The number of carbonyl (C=O) groups excluding carboxylic acids is 2. The number of anilines is 3. The van der Waals surface area contributed by atoms with Gasteiger partial charge in [0.05, 0.1) is 19.8 Å². The van der Waals surface area contributed by atoms with E-state index in [9.17, 15) is 9.59 Å². The zero-order chi connectivity index (χ0) is 28.7. The third-order valence-electron chi connectivity index (χ3n) is 5.51. The molecule has 3 aromatic rings. The minimum Gasteiger partial charge on any atom is -0.493 e. The van der Waals surface area contributed by atoms with Gasteiger partial charge in [-0.05, 0) is 78.7 Å². The Balaban J connectivity index is 1.42. The SMILES string of the molecule is C=CC(=O)Nc1ccc(C(=O)Nc2cc(N)cc(COC/C=C/CCOc3cccc(/C(N)=C/C=N)c3)c2)cc1. The van der Waals surface area contributed by atoms with Crippen LogP contribution < -0.4 is 26.8 Å². The van der Waals surface area contributed by atoms with E-state index in [2.05, 4.69) is 17.2 Å². The van der Waals surface area contributed by atoms with Crippen molar-refractivity contribution in [2.75, 3.05) is 29.6 Å². The number of nitrogen functional groups attached to an aromatic ring is 1. The minimum absolute atomic E-state index is 0.303. The fourth-order valence-electron chi connectivity index (χ4n) is 3.60. The number of rotatable bonds is 14. The third-order valence-corrected chi connectivity index (χ3v) is 5.51. The molecule has 0 unspecified atom stereocenters. The molecule has 3 aromatic carbocycles. The van der Waals surface area contributed by atoms with E-state index >= 15 is 0 Å². The van der Waals surface area contributed by atoms with Crippen LogP contribution in [0.15, 0.2) is 97.6 Å². The molecule has 3 rings (SSSR count). The Hall–Kier alpha value is -5.15. The second kappa shape index (κ2) is 15.3. The molecular formula is C31H33N5O4. The van der Waals surface area contributed by atoms with Crippen molar-refractivity contribution in [2.45, 2.75) is 13.0 Å². The number of hydrogen-bond acceptors (Lipinski definition) is 7. The highest BCUT2D eigenvalue weighted by Gasteiger charge is 2.08. The molecular weight excluding hydrogens is 506 g/mol. The topological polar surface area (TPSA) is 153 Å². The third kappa shape index (κ3) is 9.62. The van der Waals surface area contributed by atoms with Gasteiger partial charge in [-0.25, -0.2) is 0 Å². The molecule has 0 aliphatic heterocycles. The molecule has 9 heteroatoms. The van der Waals surface area contributed by atoms with Crippen LogP contribution in [0.25, 0.3) is 5.70 Å². The van der Waals surface area contributed by atoms with E-state index in [0.717, 1.165) is 17.3 Å². The Bertz CT molecular complexity index is 1400. The Kier molecular flexibility index (Phi) is 11.3. The molecule has 0 bridgehead atoms. The van der Waals surface area contributed by atoms with Crippen molar-refractivity contribution < 1.29 is 19.1 Å². The molecule has 7 N–H and O–H groups in total. The van der Waals surface area contributed by atoms with E-state index in [1.165, 1.54) is 12.2 Å². The number of nitrogens with one attached hydrogen (secondary N) is 3. The van der Waals surface area contributed by atoms with Crippen LogP contribution in [0.4, 0.5) is 17.1 Å². The van der Waals surface area contributed by atoms with Crippen molar-refractivity contribution in [3.63, 3.8) is 0 Å². The maximum atomic E-state index is 12.7. The van der Waals surface area contributed by atoms with Crippen molar-refractivity contribution in [1.82, 2.24) is 0 Å². The summed E-state index contributed by atoms with van der Waals surface area (Å²) in [5.74, 6) is 0.0819. The number of nitrogens with two attached hydrogens (primary N) is 2. The van der Waals surface area contributed by atoms with Gasteiger partial charge in [0.1, 0.15) is 5.75 Å². The van der Waals surface area contributed by atoms with Gasteiger partial charge in [0.15, 0.2) is 0 Å². The van der Waals surface area contributed by atoms with Crippen LogP contribution in [-0.4, -0.2) is 31.2 Å². The summed E-state index contributed by atoms with van der Waals surface area (Å²) >= 11 is 0. The van der Waals surface area contributed by atoms with E-state index in [4.69, 9.17) is 26.4 Å². The Labute approximate surface area is 233 Å². The average Bonchev–Trinajstić information content (AvgIpc) is 2.94. The van der Waals surface area contributed by atoms with Crippen LogP contribution in [-0.2, 0) is 16.1 Å². The van der Waals surface area contributed by atoms with Gasteiger partial charge < -0.3 is 37.0 Å². The van der Waals surface area contributed by atoms with Crippen LogP contribution >= 0.6 is 0 Å². The van der Waals surface area contributed by atoms with Gasteiger partial charge in [-0.15, -0.1) is 0 Å². The predicted molar refractivity (Wildman–Crippen MR) is 160 cm³/mol. The summed E-state index contributed by atoms with van der Waals surface area (Å²) in [6.07, 6.45) is 8.45. The highest BCUT2D eigenvalue weighted by atomic mass is 16.5. The fraction of sp³-hybridized carbons (Fsp3) is 0.129. The fourth-order valence-corrected chi connectivity index (χ4v) is 3.60. The molecule has 9 nitrogen and oxygen atoms in total. The monoisotopic (exact) mass is 539 g/mol. The summed E-state index contributed by atoms with van der Waals surface area (Å²) in [5.41, 5.74) is 16.1. The second-order valence-electron chi connectivity index (χ2n) is 8.63. The Morgan fingerprint density at radius 1 is 0.950 bits per heavy atom. The maximum Gasteiger partial charge on any atom is 0.255 e. The highest BCUT2D eigenvalue weighted by Crippen LogP contribution is 2.20. The quantitative estimate of drug-likeness (QED) is 0.0629. The summed E-state index contributed by atoms with van der Waals surface area (Å²) in [5, 5.41) is 12.6. The average molecular weight is 540 g/mol. The smallest absolute Gasteiger partial charge is 0.255 e. The molecule has 0 atom stereocenters. The lowest BCUT2D eigenvalue weighted by atomic mass is 10.1. The molecule has 0 spiro atoms. The number of ether oxygens (including phenoxy) is 2. The Morgan fingerprint density at radius 2 is 1.75 bits per heavy atom. The Morgan fingerprint density at radius 3 is 2.50 bits per heavy atom. The van der Waals surface area contributed by atoms with E-state index in [-0.39, 0.29) is 11.8 Å². The van der Waals surface area contributed by atoms with Crippen LogP contribution in [0.2, 0.25) is 0 Å². The van der Waals surface area contributed by atoms with Crippen molar-refractivity contribution in [3.8, 4) is 5.75 Å². The lowest BCUT2D eigenvalue weighted by Crippen LogP contribution is -2.13. The molecule has 2 amide bonds. The van der Waals surface area contributed by atoms with Gasteiger partial charge >= 0.3 is 0 Å². The van der Waals surface area contributed by atoms with E-state index in [1.54, 1.807) is 36.4 Å². The first-order valence-electron chi connectivity index (χ1n) is 12.5. The lowest BCUT2D eigenvalue weighted by molar-refractivity contribution is -0.111. The highest BCUT2D eigenvalue weighted by molar-refractivity contribution is 6.05. The van der Waals surface area contributed by atoms with Crippen LogP contribution in [0.3, 0.4) is 0 Å². The molecule has 0 aromatic heterocycles. The van der Waals surface area contributed by atoms with Crippen molar-refractivity contribution in [2.24, 2.45) is 5.73 Å². The molecule has 0 fully saturated rings. The van der Waals surface area contributed by atoms with E-state index in [0.29, 0.717) is 60.3 Å². The number of allylic oxidation sites excluding steroid dienone is 1. The minimum atomic E-state index is -0.325. The van der Waals surface area contributed by atoms with Gasteiger partial charge in [-0.1, -0.05) is 30.9 Å². The number of amides is 2. The van der Waals surface area contributed by atoms with Crippen LogP contribution in [0, 0.1) is 5.41 Å².